The molecule has 37 heavy (non-hydrogen) atoms. The van der Waals surface area contributed by atoms with Crippen molar-refractivity contribution in [3.63, 3.8) is 0 Å². The highest BCUT2D eigenvalue weighted by molar-refractivity contribution is 5.80. The fraction of sp³-hybridized carbons (Fsp3) is 0.379. The average molecular weight is 500 g/mol. The third-order valence-corrected chi connectivity index (χ3v) is 7.44. The lowest BCUT2D eigenvalue weighted by Gasteiger charge is -2.25. The number of nitrogens with zero attached hydrogens (tertiary/aromatic N) is 5. The summed E-state index contributed by atoms with van der Waals surface area (Å²) in [6.45, 7) is 8.50. The molecule has 0 radical (unpaired) electrons. The zero-order valence-corrected chi connectivity index (χ0v) is 21.8. The van der Waals surface area contributed by atoms with E-state index < -0.39 is 5.97 Å². The molecule has 0 saturated carbocycles. The second-order valence-corrected chi connectivity index (χ2v) is 9.96. The topological polar surface area (TPSA) is 93.4 Å². The van der Waals surface area contributed by atoms with E-state index in [0.717, 1.165) is 58.7 Å². The van der Waals surface area contributed by atoms with Gasteiger partial charge in [0.25, 0.3) is 0 Å². The monoisotopic (exact) mass is 499 g/mol. The summed E-state index contributed by atoms with van der Waals surface area (Å²) in [5.74, 6) is -0.260. The molecule has 1 aliphatic rings. The minimum atomic E-state index is -0.830. The normalized spacial score (nSPS) is 16.7. The Hall–Kier alpha value is -3.78. The molecule has 8 heteroatoms. The Labute approximate surface area is 216 Å². The van der Waals surface area contributed by atoms with E-state index in [0.29, 0.717) is 6.54 Å². The van der Waals surface area contributed by atoms with Crippen LogP contribution in [0.3, 0.4) is 0 Å². The van der Waals surface area contributed by atoms with Gasteiger partial charge in [-0.2, -0.15) is 0 Å². The van der Waals surface area contributed by atoms with Crippen molar-refractivity contribution in [2.24, 2.45) is 7.05 Å². The summed E-state index contributed by atoms with van der Waals surface area (Å²) in [4.78, 5) is 18.9. The molecule has 1 aliphatic heterocycles. The highest BCUT2D eigenvalue weighted by Gasteiger charge is 2.25. The fourth-order valence-electron chi connectivity index (χ4n) is 5.29. The first-order valence-electron chi connectivity index (χ1n) is 12.8. The van der Waals surface area contributed by atoms with Crippen molar-refractivity contribution < 1.29 is 14.6 Å². The van der Waals surface area contributed by atoms with E-state index in [1.807, 2.05) is 44.4 Å². The molecule has 192 valence electrons. The molecule has 0 fully saturated rings. The van der Waals surface area contributed by atoms with Crippen LogP contribution in [0, 0.1) is 13.8 Å². The third kappa shape index (κ3) is 5.06. The molecule has 2 aromatic heterocycles. The molecule has 1 N–H and O–H groups in total. The molecule has 0 saturated heterocycles. The number of hydrogen-bond acceptors (Lipinski definition) is 6. The molecule has 0 aliphatic carbocycles. The first-order chi connectivity index (χ1) is 17.8. The van der Waals surface area contributed by atoms with E-state index in [1.54, 1.807) is 4.68 Å². The fourth-order valence-corrected chi connectivity index (χ4v) is 5.29. The maximum absolute atomic E-state index is 12.0. The third-order valence-electron chi connectivity index (χ3n) is 7.44. The molecule has 3 heterocycles. The lowest BCUT2D eigenvalue weighted by Crippen LogP contribution is -2.32. The molecule has 0 bridgehead atoms. The highest BCUT2D eigenvalue weighted by atomic mass is 16.5. The van der Waals surface area contributed by atoms with Crippen LogP contribution in [0.15, 0.2) is 48.7 Å². The van der Waals surface area contributed by atoms with E-state index in [-0.39, 0.29) is 18.4 Å². The van der Waals surface area contributed by atoms with Crippen molar-refractivity contribution in [3.05, 3.63) is 82.2 Å². The predicted molar refractivity (Wildman–Crippen MR) is 142 cm³/mol. The number of pyridine rings is 1. The maximum atomic E-state index is 12.0. The molecular formula is C29H33N5O3. The Balaban J connectivity index is 1.50. The molecule has 2 atom stereocenters. The van der Waals surface area contributed by atoms with Crippen molar-refractivity contribution in [1.29, 1.82) is 0 Å². The number of carboxylic acid groups (broad SMARTS) is 1. The second-order valence-electron chi connectivity index (χ2n) is 9.96. The van der Waals surface area contributed by atoms with Gasteiger partial charge in [0, 0.05) is 38.8 Å². The molecule has 8 nitrogen and oxygen atoms in total. The van der Waals surface area contributed by atoms with Crippen molar-refractivity contribution in [3.8, 4) is 5.75 Å². The predicted octanol–water partition coefficient (Wildman–Crippen LogP) is 4.76. The smallest absolute Gasteiger partial charge is 0.304 e. The number of ether oxygens (including phenoxy) is 1. The molecule has 2 unspecified atom stereocenters. The van der Waals surface area contributed by atoms with Gasteiger partial charge in [-0.15, -0.1) is 5.10 Å². The van der Waals surface area contributed by atoms with Gasteiger partial charge in [0.2, 0.25) is 0 Å². The van der Waals surface area contributed by atoms with Gasteiger partial charge >= 0.3 is 5.97 Å². The highest BCUT2D eigenvalue weighted by Crippen LogP contribution is 2.35. The number of aromatic nitrogens is 4. The van der Waals surface area contributed by atoms with Crippen LogP contribution in [0.2, 0.25) is 0 Å². The van der Waals surface area contributed by atoms with E-state index in [1.165, 1.54) is 11.1 Å². The summed E-state index contributed by atoms with van der Waals surface area (Å²) in [5, 5.41) is 18.3. The van der Waals surface area contributed by atoms with Crippen LogP contribution in [0.1, 0.15) is 59.2 Å². The van der Waals surface area contributed by atoms with Gasteiger partial charge in [0.1, 0.15) is 17.4 Å². The molecule has 2 aromatic carbocycles. The van der Waals surface area contributed by atoms with Gasteiger partial charge < -0.3 is 9.84 Å². The van der Waals surface area contributed by atoms with E-state index in [4.69, 9.17) is 4.74 Å². The van der Waals surface area contributed by atoms with Crippen LogP contribution >= 0.6 is 0 Å². The lowest BCUT2D eigenvalue weighted by atomic mass is 9.84. The first-order valence-corrected chi connectivity index (χ1v) is 12.8. The van der Waals surface area contributed by atoms with Gasteiger partial charge in [0.15, 0.2) is 0 Å². The van der Waals surface area contributed by atoms with Crippen LogP contribution in [0.25, 0.3) is 11.0 Å². The van der Waals surface area contributed by atoms with Gasteiger partial charge in [0.05, 0.1) is 17.6 Å². The van der Waals surface area contributed by atoms with Gasteiger partial charge in [-0.3, -0.25) is 14.7 Å². The Bertz CT molecular complexity index is 1450. The van der Waals surface area contributed by atoms with E-state index >= 15 is 0 Å². The number of carboxylic acids is 1. The maximum Gasteiger partial charge on any atom is 0.304 e. The Kier molecular flexibility index (Phi) is 6.93. The van der Waals surface area contributed by atoms with E-state index in [2.05, 4.69) is 52.2 Å². The largest absolute Gasteiger partial charge is 0.487 e. The number of rotatable bonds is 7. The van der Waals surface area contributed by atoms with Crippen LogP contribution in [0.5, 0.6) is 5.75 Å². The van der Waals surface area contributed by atoms with Crippen molar-refractivity contribution in [1.82, 2.24) is 24.9 Å². The van der Waals surface area contributed by atoms with Gasteiger partial charge in [-0.05, 0) is 66.3 Å². The van der Waals surface area contributed by atoms with Gasteiger partial charge in [-0.1, -0.05) is 36.4 Å². The van der Waals surface area contributed by atoms with Crippen molar-refractivity contribution in [2.45, 2.75) is 58.7 Å². The Morgan fingerprint density at radius 1 is 1.22 bits per heavy atom. The number of aryl methyl sites for hydroxylation is 3. The van der Waals surface area contributed by atoms with E-state index in [9.17, 15) is 9.90 Å². The zero-order chi connectivity index (χ0) is 26.1. The minimum Gasteiger partial charge on any atom is -0.487 e. The molecule has 0 amide bonds. The Morgan fingerprint density at radius 2 is 2.05 bits per heavy atom. The summed E-state index contributed by atoms with van der Waals surface area (Å²) < 4.78 is 7.98. The summed E-state index contributed by atoms with van der Waals surface area (Å²) in [6, 6.07) is 14.3. The van der Waals surface area contributed by atoms with Crippen molar-refractivity contribution in [2.75, 3.05) is 6.54 Å². The van der Waals surface area contributed by atoms with Crippen LogP contribution in [-0.2, 0) is 24.9 Å². The average Bonchev–Trinajstić information content (AvgIpc) is 3.16. The standard InChI is InChI=1S/C29H33N5O3/c1-5-22-16-34(17-25-27(37-22)7-6-12-30-25)15-21-13-20(9-8-18(21)2)24(14-28(35)36)23-10-11-26-29(19(23)3)31-32-33(26)4/h6-13,22,24H,5,14-17H2,1-4H3,(H,35,36). The number of carbonyl (C=O) groups is 1. The summed E-state index contributed by atoms with van der Waals surface area (Å²) in [7, 11) is 1.86. The molecular weight excluding hydrogens is 466 g/mol. The van der Waals surface area contributed by atoms with Crippen LogP contribution in [0.4, 0.5) is 0 Å². The molecule has 5 rings (SSSR count). The molecule has 0 spiro atoms. The SMILES string of the molecule is CCC1CN(Cc2cc(C(CC(=O)O)c3ccc4c(nnn4C)c3C)ccc2C)Cc2ncccc2O1. The summed E-state index contributed by atoms with van der Waals surface area (Å²) in [5.41, 5.74) is 7.98. The Morgan fingerprint density at radius 3 is 2.84 bits per heavy atom. The van der Waals surface area contributed by atoms with Crippen molar-refractivity contribution >= 4 is 17.0 Å². The quantitative estimate of drug-likeness (QED) is 0.392. The summed E-state index contributed by atoms with van der Waals surface area (Å²) in [6.07, 6.45) is 2.82. The first kappa shape index (κ1) is 24.9. The molecule has 4 aromatic rings. The number of aliphatic carboxylic acids is 1. The van der Waals surface area contributed by atoms with Gasteiger partial charge in [-0.25, -0.2) is 4.68 Å². The second kappa shape index (κ2) is 10.3. The van der Waals surface area contributed by atoms with Crippen LogP contribution in [-0.4, -0.2) is 48.6 Å². The number of hydrogen-bond donors (Lipinski definition) is 1. The lowest BCUT2D eigenvalue weighted by molar-refractivity contribution is -0.137. The summed E-state index contributed by atoms with van der Waals surface area (Å²) >= 11 is 0. The number of fused-ring (bicyclic) bond motifs is 2. The van der Waals surface area contributed by atoms with Crippen LogP contribution < -0.4 is 4.74 Å². The number of benzene rings is 2. The minimum absolute atomic E-state index is 0.00185. The zero-order valence-electron chi connectivity index (χ0n) is 21.8.